The Morgan fingerprint density at radius 1 is 1.38 bits per heavy atom. The lowest BCUT2D eigenvalue weighted by atomic mass is 10.2. The van der Waals surface area contributed by atoms with Crippen molar-refractivity contribution < 1.29 is 28.2 Å². The molecule has 1 saturated heterocycles. The van der Waals surface area contributed by atoms with Gasteiger partial charge in [0.25, 0.3) is 0 Å². The zero-order valence-corrected chi connectivity index (χ0v) is 13.3. The number of rotatable bonds is 7. The van der Waals surface area contributed by atoms with Crippen LogP contribution in [0, 0.1) is 0 Å². The molecule has 1 heterocycles. The number of carboxylic acid groups (broad SMARTS) is 1. The Hall–Kier alpha value is -2.22. The van der Waals surface area contributed by atoms with Gasteiger partial charge in [0.05, 0.1) is 6.54 Å². The summed E-state index contributed by atoms with van der Waals surface area (Å²) in [6.07, 6.45) is 1.32. The molecule has 1 N–H and O–H groups in total. The summed E-state index contributed by atoms with van der Waals surface area (Å²) >= 11 is 0. The summed E-state index contributed by atoms with van der Waals surface area (Å²) in [5.74, 6) is -1.03. The fourth-order valence-corrected chi connectivity index (χ4v) is 2.73. The van der Waals surface area contributed by atoms with Gasteiger partial charge in [-0.3, -0.25) is 14.5 Å². The number of hydrogen-bond donors (Lipinski definition) is 1. The van der Waals surface area contributed by atoms with E-state index in [0.717, 1.165) is 12.0 Å². The van der Waals surface area contributed by atoms with E-state index in [2.05, 4.69) is 4.74 Å². The number of aliphatic carboxylic acids is 1. The van der Waals surface area contributed by atoms with Crippen LogP contribution in [0.2, 0.25) is 0 Å². The average molecular weight is 342 g/mol. The van der Waals surface area contributed by atoms with Crippen molar-refractivity contribution in [2.75, 3.05) is 20.1 Å². The topological polar surface area (TPSA) is 70.1 Å². The summed E-state index contributed by atoms with van der Waals surface area (Å²) in [5, 5.41) is 9.13. The lowest BCUT2D eigenvalue weighted by Crippen LogP contribution is -2.43. The third kappa shape index (κ3) is 4.89. The SMILES string of the molecule is CN(Cc1ccc(OC(F)F)cc1)C(=O)CN1CCC[C@@H]1C(=O)O. The van der Waals surface area contributed by atoms with E-state index in [1.54, 1.807) is 24.1 Å². The fraction of sp³-hybridized carbons (Fsp3) is 0.500. The van der Waals surface area contributed by atoms with Gasteiger partial charge in [0.1, 0.15) is 11.8 Å². The van der Waals surface area contributed by atoms with Gasteiger partial charge in [-0.25, -0.2) is 0 Å². The van der Waals surface area contributed by atoms with Gasteiger partial charge in [-0.15, -0.1) is 0 Å². The third-order valence-electron chi connectivity index (χ3n) is 3.98. The van der Waals surface area contributed by atoms with E-state index in [1.807, 2.05) is 0 Å². The van der Waals surface area contributed by atoms with Crippen LogP contribution in [0.25, 0.3) is 0 Å². The average Bonchev–Trinajstić information content (AvgIpc) is 2.97. The highest BCUT2D eigenvalue weighted by Crippen LogP contribution is 2.18. The molecule has 0 radical (unpaired) electrons. The lowest BCUT2D eigenvalue weighted by molar-refractivity contribution is -0.143. The summed E-state index contributed by atoms with van der Waals surface area (Å²) < 4.78 is 28.5. The molecule has 1 fully saturated rings. The van der Waals surface area contributed by atoms with Crippen LogP contribution in [0.4, 0.5) is 8.78 Å². The Balaban J connectivity index is 1.88. The molecule has 0 unspecified atom stereocenters. The standard InChI is InChI=1S/C16H20F2N2O4/c1-19(9-11-4-6-12(7-5-11)24-16(17)18)14(21)10-20-8-2-3-13(20)15(22)23/h4-7,13,16H,2-3,8-10H2,1H3,(H,22,23)/t13-/m1/s1. The molecule has 1 aliphatic heterocycles. The Morgan fingerprint density at radius 3 is 2.62 bits per heavy atom. The number of alkyl halides is 2. The van der Waals surface area contributed by atoms with Crippen molar-refractivity contribution in [2.24, 2.45) is 0 Å². The number of ether oxygens (including phenoxy) is 1. The number of nitrogens with zero attached hydrogens (tertiary/aromatic N) is 2. The molecule has 6 nitrogen and oxygen atoms in total. The molecule has 132 valence electrons. The number of likely N-dealkylation sites (tertiary alicyclic amines) is 1. The smallest absolute Gasteiger partial charge is 0.387 e. The number of carbonyl (C=O) groups is 2. The van der Waals surface area contributed by atoms with Crippen LogP contribution in [0.3, 0.4) is 0 Å². The highest BCUT2D eigenvalue weighted by molar-refractivity contribution is 5.80. The van der Waals surface area contributed by atoms with Crippen molar-refractivity contribution in [1.29, 1.82) is 0 Å². The molecule has 8 heteroatoms. The maximum absolute atomic E-state index is 12.3. The summed E-state index contributed by atoms with van der Waals surface area (Å²) in [6.45, 7) is -1.92. The number of hydrogen-bond acceptors (Lipinski definition) is 4. The van der Waals surface area contributed by atoms with E-state index < -0.39 is 18.6 Å². The van der Waals surface area contributed by atoms with Crippen molar-refractivity contribution in [2.45, 2.75) is 32.0 Å². The third-order valence-corrected chi connectivity index (χ3v) is 3.98. The highest BCUT2D eigenvalue weighted by Gasteiger charge is 2.32. The van der Waals surface area contributed by atoms with E-state index in [9.17, 15) is 18.4 Å². The van der Waals surface area contributed by atoms with Crippen molar-refractivity contribution >= 4 is 11.9 Å². The molecule has 0 saturated carbocycles. The molecule has 1 aromatic carbocycles. The Morgan fingerprint density at radius 2 is 2.04 bits per heavy atom. The van der Waals surface area contributed by atoms with Crippen LogP contribution in [0.1, 0.15) is 18.4 Å². The number of carboxylic acids is 1. The summed E-state index contributed by atoms with van der Waals surface area (Å²) in [6, 6.07) is 5.45. The second-order valence-electron chi connectivity index (χ2n) is 5.74. The molecule has 1 atom stereocenters. The monoisotopic (exact) mass is 342 g/mol. The first kappa shape index (κ1) is 18.1. The Kier molecular flexibility index (Phi) is 6.08. The largest absolute Gasteiger partial charge is 0.480 e. The lowest BCUT2D eigenvalue weighted by Gasteiger charge is -2.24. The predicted octanol–water partition coefficient (Wildman–Crippen LogP) is 1.80. The molecule has 24 heavy (non-hydrogen) atoms. The zero-order valence-electron chi connectivity index (χ0n) is 13.3. The van der Waals surface area contributed by atoms with Gasteiger partial charge in [0, 0.05) is 13.6 Å². The van der Waals surface area contributed by atoms with Crippen molar-refractivity contribution in [3.05, 3.63) is 29.8 Å². The molecule has 1 aromatic rings. The number of halogens is 2. The second kappa shape index (κ2) is 8.05. The van der Waals surface area contributed by atoms with E-state index in [1.165, 1.54) is 17.0 Å². The number of carbonyl (C=O) groups excluding carboxylic acids is 1. The van der Waals surface area contributed by atoms with Crippen LogP contribution in [0.5, 0.6) is 5.75 Å². The minimum atomic E-state index is -2.87. The maximum atomic E-state index is 12.3. The van der Waals surface area contributed by atoms with Crippen LogP contribution in [-0.4, -0.2) is 59.6 Å². The number of amides is 1. The molecule has 1 amide bonds. The van der Waals surface area contributed by atoms with E-state index in [4.69, 9.17) is 5.11 Å². The maximum Gasteiger partial charge on any atom is 0.387 e. The Labute approximate surface area is 138 Å². The van der Waals surface area contributed by atoms with Crippen molar-refractivity contribution in [1.82, 2.24) is 9.80 Å². The van der Waals surface area contributed by atoms with Gasteiger partial charge in [0.15, 0.2) is 0 Å². The minimum absolute atomic E-state index is 0.0556. The normalized spacial score (nSPS) is 17.9. The van der Waals surface area contributed by atoms with Gasteiger partial charge in [-0.2, -0.15) is 8.78 Å². The van der Waals surface area contributed by atoms with Crippen LogP contribution in [0.15, 0.2) is 24.3 Å². The molecule has 0 aliphatic carbocycles. The van der Waals surface area contributed by atoms with Gasteiger partial charge in [-0.05, 0) is 37.1 Å². The van der Waals surface area contributed by atoms with E-state index >= 15 is 0 Å². The predicted molar refractivity (Wildman–Crippen MR) is 81.8 cm³/mol. The van der Waals surface area contributed by atoms with Gasteiger partial charge >= 0.3 is 12.6 Å². The first-order chi connectivity index (χ1) is 11.4. The summed E-state index contributed by atoms with van der Waals surface area (Å²) in [7, 11) is 1.62. The Bertz CT molecular complexity index is 580. The molecule has 1 aliphatic rings. The van der Waals surface area contributed by atoms with Gasteiger partial charge in [0.2, 0.25) is 5.91 Å². The van der Waals surface area contributed by atoms with Crippen molar-refractivity contribution in [3.63, 3.8) is 0 Å². The minimum Gasteiger partial charge on any atom is -0.480 e. The molecule has 0 bridgehead atoms. The highest BCUT2D eigenvalue weighted by atomic mass is 19.3. The first-order valence-electron chi connectivity index (χ1n) is 7.61. The number of benzene rings is 1. The van der Waals surface area contributed by atoms with Gasteiger partial charge < -0.3 is 14.7 Å². The van der Waals surface area contributed by atoms with E-state index in [0.29, 0.717) is 19.5 Å². The van der Waals surface area contributed by atoms with Crippen LogP contribution in [-0.2, 0) is 16.1 Å². The van der Waals surface area contributed by atoms with Crippen molar-refractivity contribution in [3.8, 4) is 5.75 Å². The summed E-state index contributed by atoms with van der Waals surface area (Å²) in [5.41, 5.74) is 0.767. The second-order valence-corrected chi connectivity index (χ2v) is 5.74. The molecular weight excluding hydrogens is 322 g/mol. The molecule has 2 rings (SSSR count). The fourth-order valence-electron chi connectivity index (χ4n) is 2.73. The van der Waals surface area contributed by atoms with E-state index in [-0.39, 0.29) is 18.2 Å². The molecule has 0 aromatic heterocycles. The summed E-state index contributed by atoms with van der Waals surface area (Å²) in [4.78, 5) is 26.5. The first-order valence-corrected chi connectivity index (χ1v) is 7.61. The van der Waals surface area contributed by atoms with Crippen LogP contribution >= 0.6 is 0 Å². The number of likely N-dealkylation sites (N-methyl/N-ethyl adjacent to an activating group) is 1. The quantitative estimate of drug-likeness (QED) is 0.818. The molecular formula is C16H20F2N2O4. The van der Waals surface area contributed by atoms with Crippen LogP contribution < -0.4 is 4.74 Å². The molecule has 0 spiro atoms. The van der Waals surface area contributed by atoms with Gasteiger partial charge in [-0.1, -0.05) is 12.1 Å². The zero-order chi connectivity index (χ0) is 17.7.